The fourth-order valence-corrected chi connectivity index (χ4v) is 3.68. The molecule has 8 nitrogen and oxygen atoms in total. The van der Waals surface area contributed by atoms with Gasteiger partial charge in [0.05, 0.1) is 32.5 Å². The maximum Gasteiger partial charge on any atom is 0.193 e. The minimum atomic E-state index is -0.00476. The van der Waals surface area contributed by atoms with Crippen LogP contribution in [-0.4, -0.2) is 80.0 Å². The number of guanidine groups is 1. The summed E-state index contributed by atoms with van der Waals surface area (Å²) in [6, 6.07) is 8.30. The van der Waals surface area contributed by atoms with E-state index in [0.717, 1.165) is 42.5 Å². The molecule has 0 bridgehead atoms. The third-order valence-corrected chi connectivity index (χ3v) is 5.25. The summed E-state index contributed by atoms with van der Waals surface area (Å²) in [7, 11) is 9.61. The van der Waals surface area contributed by atoms with Crippen molar-refractivity contribution >= 4 is 5.96 Å². The van der Waals surface area contributed by atoms with Crippen LogP contribution in [0.25, 0.3) is 0 Å². The van der Waals surface area contributed by atoms with Crippen molar-refractivity contribution in [2.75, 3.05) is 54.5 Å². The SMILES string of the molecule is CN=C(NCC(c1ccccc1OC)N(C)C)N1CCOC(c2cnn(C)c2)C1. The first kappa shape index (κ1) is 21.1. The highest BCUT2D eigenvalue weighted by atomic mass is 16.5. The van der Waals surface area contributed by atoms with Crippen LogP contribution in [0.15, 0.2) is 41.7 Å². The number of ether oxygens (including phenoxy) is 2. The predicted molar refractivity (Wildman–Crippen MR) is 114 cm³/mol. The second-order valence-corrected chi connectivity index (χ2v) is 7.40. The summed E-state index contributed by atoms with van der Waals surface area (Å²) in [4.78, 5) is 8.95. The minimum Gasteiger partial charge on any atom is -0.496 e. The van der Waals surface area contributed by atoms with Gasteiger partial charge in [0.1, 0.15) is 11.9 Å². The van der Waals surface area contributed by atoms with E-state index in [9.17, 15) is 0 Å². The number of rotatable bonds is 6. The normalized spacial score (nSPS) is 18.8. The number of para-hydroxylation sites is 1. The van der Waals surface area contributed by atoms with Gasteiger partial charge < -0.3 is 24.6 Å². The lowest BCUT2D eigenvalue weighted by Crippen LogP contribution is -2.49. The van der Waals surface area contributed by atoms with Crippen LogP contribution in [0, 0.1) is 0 Å². The number of hydrogen-bond acceptors (Lipinski definition) is 5. The van der Waals surface area contributed by atoms with Crippen molar-refractivity contribution in [3.8, 4) is 5.75 Å². The lowest BCUT2D eigenvalue weighted by molar-refractivity contribution is -0.00811. The molecule has 1 N–H and O–H groups in total. The summed E-state index contributed by atoms with van der Waals surface area (Å²) < 4.78 is 13.3. The van der Waals surface area contributed by atoms with Crippen molar-refractivity contribution in [2.24, 2.45) is 12.0 Å². The third kappa shape index (κ3) is 5.07. The number of methoxy groups -OCH3 is 1. The molecular weight excluding hydrogens is 368 g/mol. The number of nitrogens with zero attached hydrogens (tertiary/aromatic N) is 5. The molecule has 0 radical (unpaired) electrons. The van der Waals surface area contributed by atoms with Crippen LogP contribution in [0.5, 0.6) is 5.75 Å². The molecule has 158 valence electrons. The smallest absolute Gasteiger partial charge is 0.193 e. The van der Waals surface area contributed by atoms with Crippen LogP contribution < -0.4 is 10.1 Å². The number of nitrogens with one attached hydrogen (secondary N) is 1. The molecule has 2 atom stereocenters. The number of aryl methyl sites for hydroxylation is 1. The van der Waals surface area contributed by atoms with E-state index in [1.54, 1.807) is 11.8 Å². The third-order valence-electron chi connectivity index (χ3n) is 5.25. The number of aromatic nitrogens is 2. The van der Waals surface area contributed by atoms with E-state index in [0.29, 0.717) is 6.61 Å². The van der Waals surface area contributed by atoms with E-state index >= 15 is 0 Å². The van der Waals surface area contributed by atoms with Gasteiger partial charge in [-0.2, -0.15) is 5.10 Å². The molecule has 0 amide bonds. The molecule has 1 aliphatic heterocycles. The number of benzene rings is 1. The summed E-state index contributed by atoms with van der Waals surface area (Å²) >= 11 is 0. The van der Waals surface area contributed by atoms with E-state index in [2.05, 4.69) is 45.4 Å². The second kappa shape index (κ2) is 9.76. The molecule has 3 rings (SSSR count). The van der Waals surface area contributed by atoms with Gasteiger partial charge in [0.15, 0.2) is 5.96 Å². The van der Waals surface area contributed by atoms with E-state index in [1.165, 1.54) is 0 Å². The molecule has 1 fully saturated rings. The van der Waals surface area contributed by atoms with Crippen molar-refractivity contribution in [1.29, 1.82) is 0 Å². The molecule has 8 heteroatoms. The van der Waals surface area contributed by atoms with Gasteiger partial charge >= 0.3 is 0 Å². The standard InChI is InChI=1S/C21H32N6O2/c1-22-21(27-10-11-29-20(15-27)16-12-24-26(4)14-16)23-13-18(25(2)3)17-8-6-7-9-19(17)28-5/h6-9,12,14,18,20H,10-11,13,15H2,1-5H3,(H,22,23). The largest absolute Gasteiger partial charge is 0.496 e. The summed E-state index contributed by atoms with van der Waals surface area (Å²) in [6.07, 6.45) is 3.87. The maximum atomic E-state index is 5.96. The van der Waals surface area contributed by atoms with Crippen LogP contribution in [0.1, 0.15) is 23.3 Å². The van der Waals surface area contributed by atoms with E-state index in [-0.39, 0.29) is 12.1 Å². The van der Waals surface area contributed by atoms with Gasteiger partial charge in [-0.3, -0.25) is 9.67 Å². The molecule has 29 heavy (non-hydrogen) atoms. The zero-order valence-corrected chi connectivity index (χ0v) is 18.0. The number of hydrogen-bond donors (Lipinski definition) is 1. The molecule has 0 aliphatic carbocycles. The highest BCUT2D eigenvalue weighted by Crippen LogP contribution is 2.27. The van der Waals surface area contributed by atoms with Crippen molar-refractivity contribution in [3.63, 3.8) is 0 Å². The first-order chi connectivity index (χ1) is 14.0. The van der Waals surface area contributed by atoms with Crippen LogP contribution >= 0.6 is 0 Å². The van der Waals surface area contributed by atoms with Gasteiger partial charge in [-0.1, -0.05) is 18.2 Å². The Hall–Kier alpha value is -2.58. The van der Waals surface area contributed by atoms with Gasteiger partial charge in [0.2, 0.25) is 0 Å². The fraction of sp³-hybridized carbons (Fsp3) is 0.524. The average molecular weight is 401 g/mol. The molecule has 2 heterocycles. The molecule has 1 aliphatic rings. The second-order valence-electron chi connectivity index (χ2n) is 7.40. The summed E-state index contributed by atoms with van der Waals surface area (Å²) in [5, 5.41) is 7.82. The minimum absolute atomic E-state index is 0.00476. The Morgan fingerprint density at radius 2 is 2.21 bits per heavy atom. The van der Waals surface area contributed by atoms with Crippen molar-refractivity contribution in [3.05, 3.63) is 47.8 Å². The van der Waals surface area contributed by atoms with Gasteiger partial charge in [0.25, 0.3) is 0 Å². The average Bonchev–Trinajstić information content (AvgIpc) is 3.17. The molecular formula is C21H32N6O2. The topological polar surface area (TPSA) is 67.2 Å². The molecule has 2 unspecified atom stereocenters. The predicted octanol–water partition coefficient (Wildman–Crippen LogP) is 1.68. The Morgan fingerprint density at radius 3 is 2.86 bits per heavy atom. The monoisotopic (exact) mass is 400 g/mol. The summed E-state index contributed by atoms with van der Waals surface area (Å²) in [5.41, 5.74) is 2.24. The van der Waals surface area contributed by atoms with E-state index < -0.39 is 0 Å². The zero-order chi connectivity index (χ0) is 20.8. The lowest BCUT2D eigenvalue weighted by Gasteiger charge is -2.36. The Bertz CT molecular complexity index is 819. The highest BCUT2D eigenvalue weighted by Gasteiger charge is 2.26. The Balaban J connectivity index is 1.68. The molecule has 0 saturated carbocycles. The number of likely N-dealkylation sites (N-methyl/N-ethyl adjacent to an activating group) is 1. The molecule has 1 saturated heterocycles. The van der Waals surface area contributed by atoms with Crippen LogP contribution in [0.3, 0.4) is 0 Å². The number of morpholine rings is 1. The Kier molecular flexibility index (Phi) is 7.11. The molecule has 1 aromatic carbocycles. The molecule has 1 aromatic heterocycles. The highest BCUT2D eigenvalue weighted by molar-refractivity contribution is 5.80. The van der Waals surface area contributed by atoms with Gasteiger partial charge in [0, 0.05) is 44.5 Å². The lowest BCUT2D eigenvalue weighted by atomic mass is 10.0. The molecule has 0 spiro atoms. The maximum absolute atomic E-state index is 5.96. The first-order valence-electron chi connectivity index (χ1n) is 9.88. The quantitative estimate of drug-likeness (QED) is 0.588. The van der Waals surface area contributed by atoms with Gasteiger partial charge in [-0.25, -0.2) is 0 Å². The van der Waals surface area contributed by atoms with Crippen LogP contribution in [0.4, 0.5) is 0 Å². The van der Waals surface area contributed by atoms with E-state index in [1.807, 2.05) is 44.7 Å². The van der Waals surface area contributed by atoms with Crippen LogP contribution in [-0.2, 0) is 11.8 Å². The molecule has 2 aromatic rings. The summed E-state index contributed by atoms with van der Waals surface area (Å²) in [6.45, 7) is 2.92. The van der Waals surface area contributed by atoms with Crippen molar-refractivity contribution in [2.45, 2.75) is 12.1 Å². The summed E-state index contributed by atoms with van der Waals surface area (Å²) in [5.74, 6) is 1.77. The zero-order valence-electron chi connectivity index (χ0n) is 18.0. The fourth-order valence-electron chi connectivity index (χ4n) is 3.68. The van der Waals surface area contributed by atoms with Gasteiger partial charge in [-0.15, -0.1) is 0 Å². The first-order valence-corrected chi connectivity index (χ1v) is 9.88. The number of aliphatic imine (C=N–C) groups is 1. The Labute approximate surface area is 173 Å². The van der Waals surface area contributed by atoms with Crippen LogP contribution in [0.2, 0.25) is 0 Å². The van der Waals surface area contributed by atoms with Crippen molar-refractivity contribution < 1.29 is 9.47 Å². The van der Waals surface area contributed by atoms with Gasteiger partial charge in [-0.05, 0) is 20.2 Å². The Morgan fingerprint density at radius 1 is 1.41 bits per heavy atom. The van der Waals surface area contributed by atoms with Crippen molar-refractivity contribution in [1.82, 2.24) is 24.9 Å². The van der Waals surface area contributed by atoms with E-state index in [4.69, 9.17) is 9.47 Å².